The molecule has 0 saturated heterocycles. The number of nitrogen functional groups attached to an aromatic ring is 2. The van der Waals surface area contributed by atoms with Crippen molar-refractivity contribution in [1.82, 2.24) is 25.3 Å². The number of aliphatic hydroxyl groups excluding tert-OH is 1. The predicted molar refractivity (Wildman–Crippen MR) is 119 cm³/mol. The summed E-state index contributed by atoms with van der Waals surface area (Å²) in [5.74, 6) is -3.11. The number of hydrogen-bond acceptors (Lipinski definition) is 11. The van der Waals surface area contributed by atoms with Crippen molar-refractivity contribution in [2.24, 2.45) is 0 Å². The number of nitrogens with two attached hydrogens (primary N) is 2. The van der Waals surface area contributed by atoms with Crippen LogP contribution in [-0.4, -0.2) is 65.9 Å². The van der Waals surface area contributed by atoms with Gasteiger partial charge >= 0.3 is 11.9 Å². The quantitative estimate of drug-likeness (QED) is 0.207. The number of nitrogens with one attached hydrogen (secondary N) is 1. The third-order valence-electron chi connectivity index (χ3n) is 4.77. The summed E-state index contributed by atoms with van der Waals surface area (Å²) in [6.45, 7) is -0.236. The second-order valence-corrected chi connectivity index (χ2v) is 7.18. The number of amides is 1. The Morgan fingerprint density at radius 2 is 1.76 bits per heavy atom. The second kappa shape index (κ2) is 10.4. The SMILES string of the molecule is Nc1nc(N)c2nc(CN(CO)c3ccc(C(=O)N[C@@H](CCC(=O)O)C(=O)O)cc3)cnc2n1. The number of carboxylic acids is 2. The van der Waals surface area contributed by atoms with E-state index in [9.17, 15) is 24.6 Å². The minimum atomic E-state index is -1.34. The Bertz CT molecular complexity index is 1220. The summed E-state index contributed by atoms with van der Waals surface area (Å²) in [6, 6.07) is 4.68. The third-order valence-corrected chi connectivity index (χ3v) is 4.77. The molecule has 3 rings (SSSR count). The third kappa shape index (κ3) is 5.80. The lowest BCUT2D eigenvalue weighted by atomic mass is 10.1. The smallest absolute Gasteiger partial charge is 0.326 e. The van der Waals surface area contributed by atoms with Crippen molar-refractivity contribution in [2.45, 2.75) is 25.4 Å². The molecule has 0 radical (unpaired) electrons. The van der Waals surface area contributed by atoms with E-state index in [1.807, 2.05) is 0 Å². The highest BCUT2D eigenvalue weighted by molar-refractivity contribution is 5.97. The number of benzene rings is 1. The van der Waals surface area contributed by atoms with Gasteiger partial charge in [0.2, 0.25) is 5.95 Å². The highest BCUT2D eigenvalue weighted by Gasteiger charge is 2.22. The molecule has 0 bridgehead atoms. The lowest BCUT2D eigenvalue weighted by molar-refractivity contribution is -0.140. The zero-order valence-electron chi connectivity index (χ0n) is 17.7. The Labute approximate surface area is 192 Å². The fourth-order valence-corrected chi connectivity index (χ4v) is 3.07. The Hall–Kier alpha value is -4.59. The Morgan fingerprint density at radius 1 is 1.06 bits per heavy atom. The van der Waals surface area contributed by atoms with Crippen LogP contribution in [-0.2, 0) is 16.1 Å². The van der Waals surface area contributed by atoms with E-state index in [0.717, 1.165) is 0 Å². The molecule has 0 saturated carbocycles. The van der Waals surface area contributed by atoms with E-state index in [-0.39, 0.29) is 48.2 Å². The first kappa shape index (κ1) is 24.1. The molecule has 1 aromatic carbocycles. The molecule has 14 nitrogen and oxygen atoms in total. The highest BCUT2D eigenvalue weighted by atomic mass is 16.4. The zero-order valence-corrected chi connectivity index (χ0v) is 17.7. The van der Waals surface area contributed by atoms with Crippen LogP contribution in [0.4, 0.5) is 17.5 Å². The standard InChI is InChI=1S/C20H22N8O6/c21-16-15-17(27-20(22)26-16)23-7-11(24-15)8-28(9-29)12-3-1-10(2-4-12)18(32)25-13(19(33)34)5-6-14(30)31/h1-4,7,13,29H,5-6,8-9H2,(H,25,32)(H,30,31)(H,33,34)(H4,21,22,23,26,27)/t13-/m0/s1. The molecule has 1 amide bonds. The first-order valence-electron chi connectivity index (χ1n) is 9.94. The van der Waals surface area contributed by atoms with Crippen LogP contribution in [0.1, 0.15) is 28.9 Å². The fourth-order valence-electron chi connectivity index (χ4n) is 3.07. The fraction of sp³-hybridized carbons (Fsp3) is 0.250. The molecule has 0 fully saturated rings. The van der Waals surface area contributed by atoms with Gasteiger partial charge in [0.1, 0.15) is 12.8 Å². The maximum Gasteiger partial charge on any atom is 0.326 e. The molecule has 2 heterocycles. The van der Waals surface area contributed by atoms with E-state index >= 15 is 0 Å². The number of nitrogens with zero attached hydrogens (tertiary/aromatic N) is 5. The molecule has 0 aliphatic rings. The molecule has 34 heavy (non-hydrogen) atoms. The summed E-state index contributed by atoms with van der Waals surface area (Å²) in [5.41, 5.74) is 13.1. The summed E-state index contributed by atoms with van der Waals surface area (Å²) < 4.78 is 0. The number of carbonyl (C=O) groups excluding carboxylic acids is 1. The molecule has 0 aliphatic carbocycles. The van der Waals surface area contributed by atoms with E-state index in [0.29, 0.717) is 11.4 Å². The number of anilines is 3. The van der Waals surface area contributed by atoms with Crippen LogP contribution >= 0.6 is 0 Å². The van der Waals surface area contributed by atoms with Crippen LogP contribution < -0.4 is 21.7 Å². The minimum Gasteiger partial charge on any atom is -0.481 e. The van der Waals surface area contributed by atoms with Gasteiger partial charge < -0.3 is 37.0 Å². The molecule has 2 aromatic heterocycles. The molecule has 8 N–H and O–H groups in total. The molecule has 178 valence electrons. The van der Waals surface area contributed by atoms with Crippen molar-refractivity contribution in [3.8, 4) is 0 Å². The maximum absolute atomic E-state index is 12.4. The topological polar surface area (TPSA) is 231 Å². The lowest BCUT2D eigenvalue weighted by Gasteiger charge is -2.22. The number of rotatable bonds is 10. The van der Waals surface area contributed by atoms with Gasteiger partial charge in [0.05, 0.1) is 18.4 Å². The van der Waals surface area contributed by atoms with Crippen LogP contribution in [0.15, 0.2) is 30.5 Å². The van der Waals surface area contributed by atoms with Crippen molar-refractivity contribution in [2.75, 3.05) is 23.1 Å². The summed E-state index contributed by atoms with van der Waals surface area (Å²) in [6.07, 6.45) is 0.814. The van der Waals surface area contributed by atoms with E-state index in [1.54, 1.807) is 17.0 Å². The molecule has 0 spiro atoms. The van der Waals surface area contributed by atoms with Gasteiger partial charge in [0.15, 0.2) is 17.0 Å². The van der Waals surface area contributed by atoms with Crippen molar-refractivity contribution >= 4 is 46.5 Å². The predicted octanol–water partition coefficient (Wildman–Crippen LogP) is -0.412. The monoisotopic (exact) mass is 470 g/mol. The highest BCUT2D eigenvalue weighted by Crippen LogP contribution is 2.19. The Morgan fingerprint density at radius 3 is 2.38 bits per heavy atom. The number of fused-ring (bicyclic) bond motifs is 1. The summed E-state index contributed by atoms with van der Waals surface area (Å²) >= 11 is 0. The molecule has 14 heteroatoms. The van der Waals surface area contributed by atoms with Gasteiger partial charge in [-0.1, -0.05) is 0 Å². The van der Waals surface area contributed by atoms with Gasteiger partial charge in [-0.25, -0.2) is 14.8 Å². The van der Waals surface area contributed by atoms with Crippen LogP contribution in [0.2, 0.25) is 0 Å². The van der Waals surface area contributed by atoms with Crippen molar-refractivity contribution in [1.29, 1.82) is 0 Å². The Kier molecular flexibility index (Phi) is 7.33. The lowest BCUT2D eigenvalue weighted by Crippen LogP contribution is -2.41. The van der Waals surface area contributed by atoms with Crippen LogP contribution in [0.25, 0.3) is 11.2 Å². The average Bonchev–Trinajstić information content (AvgIpc) is 2.80. The maximum atomic E-state index is 12.4. The number of aliphatic hydroxyl groups is 1. The largest absolute Gasteiger partial charge is 0.481 e. The van der Waals surface area contributed by atoms with Gasteiger partial charge in [-0.05, 0) is 30.7 Å². The van der Waals surface area contributed by atoms with E-state index in [1.165, 1.54) is 18.3 Å². The first-order valence-corrected chi connectivity index (χ1v) is 9.94. The van der Waals surface area contributed by atoms with E-state index in [4.69, 9.17) is 16.6 Å². The molecule has 0 unspecified atom stereocenters. The number of carboxylic acid groups (broad SMARTS) is 2. The van der Waals surface area contributed by atoms with Gasteiger partial charge in [-0.3, -0.25) is 9.59 Å². The second-order valence-electron chi connectivity index (χ2n) is 7.18. The van der Waals surface area contributed by atoms with Gasteiger partial charge in [-0.15, -0.1) is 0 Å². The molecule has 3 aromatic rings. The van der Waals surface area contributed by atoms with Crippen LogP contribution in [0.3, 0.4) is 0 Å². The summed E-state index contributed by atoms with van der Waals surface area (Å²) in [4.78, 5) is 52.2. The van der Waals surface area contributed by atoms with E-state index < -0.39 is 30.3 Å². The number of hydrogen-bond donors (Lipinski definition) is 6. The van der Waals surface area contributed by atoms with Crippen molar-refractivity contribution in [3.63, 3.8) is 0 Å². The molecular weight excluding hydrogens is 448 g/mol. The average molecular weight is 470 g/mol. The normalized spacial score (nSPS) is 11.7. The molecular formula is C20H22N8O6. The number of aliphatic carboxylic acids is 2. The summed E-state index contributed by atoms with van der Waals surface area (Å²) in [7, 11) is 0. The van der Waals surface area contributed by atoms with Crippen LogP contribution in [0.5, 0.6) is 0 Å². The van der Waals surface area contributed by atoms with Gasteiger partial charge in [0, 0.05) is 17.7 Å². The van der Waals surface area contributed by atoms with Crippen molar-refractivity contribution < 1.29 is 29.7 Å². The van der Waals surface area contributed by atoms with Gasteiger partial charge in [0.25, 0.3) is 5.91 Å². The van der Waals surface area contributed by atoms with Gasteiger partial charge in [-0.2, -0.15) is 9.97 Å². The molecule has 0 aliphatic heterocycles. The van der Waals surface area contributed by atoms with E-state index in [2.05, 4.69) is 25.3 Å². The minimum absolute atomic E-state index is 0.0234. The summed E-state index contributed by atoms with van der Waals surface area (Å²) in [5, 5.41) is 30.0. The molecule has 1 atom stereocenters. The number of carbonyl (C=O) groups is 3. The zero-order chi connectivity index (χ0) is 24.8. The number of aromatic nitrogens is 4. The first-order chi connectivity index (χ1) is 16.2. The van der Waals surface area contributed by atoms with Crippen LogP contribution in [0, 0.1) is 0 Å². The Balaban J connectivity index is 1.72. The van der Waals surface area contributed by atoms with Crippen molar-refractivity contribution in [3.05, 3.63) is 41.7 Å².